The van der Waals surface area contributed by atoms with Crippen molar-refractivity contribution in [1.82, 2.24) is 10.2 Å². The molecule has 6 rings (SSSR count). The molecule has 2 aromatic rings. The summed E-state index contributed by atoms with van der Waals surface area (Å²) in [6, 6.07) is 14.2. The number of nitrogens with one attached hydrogen (secondary N) is 1. The molecule has 4 fully saturated rings. The minimum Gasteiger partial charge on any atom is -0.352 e. The van der Waals surface area contributed by atoms with Gasteiger partial charge in [-0.15, -0.1) is 0 Å². The highest BCUT2D eigenvalue weighted by Gasteiger charge is 2.51. The summed E-state index contributed by atoms with van der Waals surface area (Å²) in [5.41, 5.74) is 2.77. The van der Waals surface area contributed by atoms with Crippen LogP contribution in [0, 0.1) is 17.8 Å². The highest BCUT2D eigenvalue weighted by atomic mass is 35.5. The quantitative estimate of drug-likeness (QED) is 0.299. The summed E-state index contributed by atoms with van der Waals surface area (Å²) in [5, 5.41) is 3.57. The molecule has 7 nitrogen and oxygen atoms in total. The second-order valence-electron chi connectivity index (χ2n) is 13.4. The largest absolute Gasteiger partial charge is 0.352 e. The predicted molar refractivity (Wildman–Crippen MR) is 172 cm³/mol. The van der Waals surface area contributed by atoms with Crippen molar-refractivity contribution in [1.29, 1.82) is 0 Å². The molecule has 4 saturated carbocycles. The number of benzene rings is 2. The van der Waals surface area contributed by atoms with Gasteiger partial charge in [-0.3, -0.25) is 13.9 Å². The van der Waals surface area contributed by atoms with Crippen LogP contribution in [0.3, 0.4) is 0 Å². The fraction of sp³-hybridized carbons (Fsp3) is 0.588. The third-order valence-corrected chi connectivity index (χ3v) is 11.5. The minimum absolute atomic E-state index is 0.0472. The lowest BCUT2D eigenvalue weighted by Gasteiger charge is -2.57. The highest BCUT2D eigenvalue weighted by Crippen LogP contribution is 2.60. The second kappa shape index (κ2) is 12.8. The van der Waals surface area contributed by atoms with Crippen LogP contribution in [-0.2, 0) is 31.6 Å². The molecule has 0 spiro atoms. The van der Waals surface area contributed by atoms with E-state index >= 15 is 0 Å². The number of anilines is 1. The third-order valence-electron chi connectivity index (χ3n) is 10.1. The number of rotatable bonds is 12. The summed E-state index contributed by atoms with van der Waals surface area (Å²) in [5.74, 6) is 1.76. The van der Waals surface area contributed by atoms with Crippen LogP contribution in [-0.4, -0.2) is 50.0 Å². The van der Waals surface area contributed by atoms with Gasteiger partial charge in [0.1, 0.15) is 12.6 Å². The van der Waals surface area contributed by atoms with Crippen molar-refractivity contribution in [3.8, 4) is 0 Å². The van der Waals surface area contributed by atoms with Gasteiger partial charge in [-0.1, -0.05) is 49.7 Å². The molecule has 0 aliphatic heterocycles. The first-order valence-corrected chi connectivity index (χ1v) is 18.1. The van der Waals surface area contributed by atoms with Gasteiger partial charge in [-0.25, -0.2) is 8.42 Å². The summed E-state index contributed by atoms with van der Waals surface area (Å²) < 4.78 is 27.4. The zero-order valence-electron chi connectivity index (χ0n) is 25.9. The molecule has 9 heteroatoms. The lowest BCUT2D eigenvalue weighted by Crippen LogP contribution is -2.53. The zero-order chi connectivity index (χ0) is 30.9. The van der Waals surface area contributed by atoms with E-state index in [1.165, 1.54) is 53.3 Å². The molecule has 4 aliphatic carbocycles. The standard InChI is InChI=1S/C34H46ClN3O4S/c1-5-23(3)36-33(40)31(6-2)37(21-24-7-11-29(35)12-8-24)32(39)22-38(43(4,41)42)30-13-9-28(10-14-30)34-18-25-15-26(19-34)17-27(16-25)20-34/h7-14,23,25-27,31H,5-6,15-22H2,1-4H3,(H,36,40)/t23-,25?,26?,27?,31+,34?/m0/s1. The predicted octanol–water partition coefficient (Wildman–Crippen LogP) is 6.30. The van der Waals surface area contributed by atoms with Gasteiger partial charge in [0.15, 0.2) is 0 Å². The topological polar surface area (TPSA) is 86.8 Å². The van der Waals surface area contributed by atoms with E-state index in [1.807, 2.05) is 45.0 Å². The molecule has 2 aromatic carbocycles. The third kappa shape index (κ3) is 7.06. The van der Waals surface area contributed by atoms with Gasteiger partial charge in [-0.05, 0) is 117 Å². The van der Waals surface area contributed by atoms with Crippen molar-refractivity contribution < 1.29 is 18.0 Å². The number of halogens is 1. The average Bonchev–Trinajstić information content (AvgIpc) is 2.95. The van der Waals surface area contributed by atoms with Crippen molar-refractivity contribution in [2.45, 2.75) is 96.2 Å². The molecule has 1 N–H and O–H groups in total. The summed E-state index contributed by atoms with van der Waals surface area (Å²) in [4.78, 5) is 28.8. The monoisotopic (exact) mass is 627 g/mol. The van der Waals surface area contributed by atoms with Crippen LogP contribution in [0.25, 0.3) is 0 Å². The maximum absolute atomic E-state index is 14.0. The molecular weight excluding hydrogens is 582 g/mol. The van der Waals surface area contributed by atoms with E-state index in [4.69, 9.17) is 11.6 Å². The number of nitrogens with zero attached hydrogens (tertiary/aromatic N) is 2. The highest BCUT2D eigenvalue weighted by molar-refractivity contribution is 7.92. The number of carbonyl (C=O) groups excluding carboxylic acids is 2. The Morgan fingerprint density at radius 2 is 1.49 bits per heavy atom. The van der Waals surface area contributed by atoms with Crippen LogP contribution in [0.5, 0.6) is 0 Å². The van der Waals surface area contributed by atoms with Gasteiger partial charge < -0.3 is 10.2 Å². The Kier molecular flexibility index (Phi) is 9.48. The summed E-state index contributed by atoms with van der Waals surface area (Å²) in [7, 11) is -3.79. The van der Waals surface area contributed by atoms with E-state index in [2.05, 4.69) is 17.4 Å². The van der Waals surface area contributed by atoms with E-state index in [0.717, 1.165) is 36.0 Å². The molecular formula is C34H46ClN3O4S. The normalized spacial score (nSPS) is 25.7. The first kappa shape index (κ1) is 31.8. The van der Waals surface area contributed by atoms with E-state index in [-0.39, 0.29) is 23.9 Å². The first-order chi connectivity index (χ1) is 20.4. The number of hydrogen-bond donors (Lipinski definition) is 1. The smallest absolute Gasteiger partial charge is 0.244 e. The summed E-state index contributed by atoms with van der Waals surface area (Å²) in [6.07, 6.45) is 10.0. The van der Waals surface area contributed by atoms with Crippen LogP contribution >= 0.6 is 11.6 Å². The fourth-order valence-corrected chi connectivity index (χ4v) is 9.18. The number of amides is 2. The van der Waals surface area contributed by atoms with Crippen LogP contribution < -0.4 is 9.62 Å². The van der Waals surface area contributed by atoms with Crippen molar-refractivity contribution >= 4 is 39.1 Å². The van der Waals surface area contributed by atoms with Crippen LogP contribution in [0.1, 0.15) is 83.3 Å². The Morgan fingerprint density at radius 1 is 0.930 bits per heavy atom. The Labute approximate surface area is 262 Å². The zero-order valence-corrected chi connectivity index (χ0v) is 27.5. The van der Waals surface area contributed by atoms with Crippen molar-refractivity contribution in [2.75, 3.05) is 17.1 Å². The van der Waals surface area contributed by atoms with Gasteiger partial charge in [-0.2, -0.15) is 0 Å². The van der Waals surface area contributed by atoms with E-state index in [1.54, 1.807) is 12.1 Å². The van der Waals surface area contributed by atoms with E-state index in [0.29, 0.717) is 17.1 Å². The Hall–Kier alpha value is -2.58. The number of sulfonamides is 1. The van der Waals surface area contributed by atoms with Crippen molar-refractivity contribution in [2.24, 2.45) is 17.8 Å². The van der Waals surface area contributed by atoms with E-state index in [9.17, 15) is 18.0 Å². The number of carbonyl (C=O) groups is 2. The Balaban J connectivity index is 1.40. The summed E-state index contributed by atoms with van der Waals surface area (Å²) >= 11 is 6.09. The maximum Gasteiger partial charge on any atom is 0.244 e. The van der Waals surface area contributed by atoms with E-state index < -0.39 is 28.5 Å². The SMILES string of the molecule is CC[C@H](C(=O)N[C@@H](C)CC)N(Cc1ccc(Cl)cc1)C(=O)CN(c1ccc(C23CC4CC(CC(C4)C2)C3)cc1)S(C)(=O)=O. The Bertz CT molecular complexity index is 1370. The van der Waals surface area contributed by atoms with Gasteiger partial charge in [0.2, 0.25) is 21.8 Å². The number of hydrogen-bond acceptors (Lipinski definition) is 4. The minimum atomic E-state index is -3.79. The molecule has 0 heterocycles. The molecule has 4 aliphatic rings. The molecule has 0 aromatic heterocycles. The molecule has 2 amide bonds. The first-order valence-electron chi connectivity index (χ1n) is 15.8. The summed E-state index contributed by atoms with van der Waals surface area (Å²) in [6.45, 7) is 5.54. The Morgan fingerprint density at radius 3 is 1.98 bits per heavy atom. The lowest BCUT2D eigenvalue weighted by atomic mass is 9.48. The van der Waals surface area contributed by atoms with Gasteiger partial charge in [0.05, 0.1) is 11.9 Å². The lowest BCUT2D eigenvalue weighted by molar-refractivity contribution is -0.140. The molecule has 4 bridgehead atoms. The maximum atomic E-state index is 14.0. The average molecular weight is 628 g/mol. The van der Waals surface area contributed by atoms with Crippen LogP contribution in [0.2, 0.25) is 5.02 Å². The van der Waals surface area contributed by atoms with Gasteiger partial charge in [0, 0.05) is 17.6 Å². The molecule has 43 heavy (non-hydrogen) atoms. The fourth-order valence-electron chi connectivity index (χ4n) is 8.21. The van der Waals surface area contributed by atoms with Crippen LogP contribution in [0.15, 0.2) is 48.5 Å². The molecule has 0 saturated heterocycles. The molecule has 234 valence electrons. The van der Waals surface area contributed by atoms with Crippen LogP contribution in [0.4, 0.5) is 5.69 Å². The molecule has 2 atom stereocenters. The molecule has 0 radical (unpaired) electrons. The second-order valence-corrected chi connectivity index (χ2v) is 15.7. The van der Waals surface area contributed by atoms with Crippen molar-refractivity contribution in [3.63, 3.8) is 0 Å². The van der Waals surface area contributed by atoms with Gasteiger partial charge >= 0.3 is 0 Å². The molecule has 0 unspecified atom stereocenters. The van der Waals surface area contributed by atoms with Crippen molar-refractivity contribution in [3.05, 3.63) is 64.7 Å². The van der Waals surface area contributed by atoms with Gasteiger partial charge in [0.25, 0.3) is 0 Å².